The first-order chi connectivity index (χ1) is 9.56. The Hall–Kier alpha value is -1.87. The Bertz CT molecular complexity index is 593. The molecular weight excluding hydrogens is 251 g/mol. The molecule has 0 saturated heterocycles. The summed E-state index contributed by atoms with van der Waals surface area (Å²) in [7, 11) is 0. The van der Waals surface area contributed by atoms with Gasteiger partial charge in [-0.15, -0.1) is 0 Å². The molecule has 0 spiro atoms. The van der Waals surface area contributed by atoms with Crippen molar-refractivity contribution in [2.75, 3.05) is 11.4 Å². The van der Waals surface area contributed by atoms with Gasteiger partial charge in [-0.05, 0) is 44.0 Å². The molecule has 0 saturated carbocycles. The van der Waals surface area contributed by atoms with Crippen LogP contribution in [-0.4, -0.2) is 6.54 Å². The second-order valence-electron chi connectivity index (χ2n) is 5.00. The number of aryl methyl sites for hydroxylation is 1. The quantitative estimate of drug-likeness (QED) is 0.898. The van der Waals surface area contributed by atoms with E-state index in [1.165, 1.54) is 6.07 Å². The van der Waals surface area contributed by atoms with Crippen molar-refractivity contribution in [2.45, 2.75) is 26.8 Å². The number of benzene rings is 2. The Balaban J connectivity index is 2.61. The van der Waals surface area contributed by atoms with Crippen LogP contribution in [0.5, 0.6) is 0 Å². The molecule has 2 rings (SSSR count). The second-order valence-corrected chi connectivity index (χ2v) is 5.00. The maximum absolute atomic E-state index is 14.4. The van der Waals surface area contributed by atoms with E-state index in [0.29, 0.717) is 12.2 Å². The first-order valence-electron chi connectivity index (χ1n) is 6.93. The molecule has 0 amide bonds. The van der Waals surface area contributed by atoms with Crippen LogP contribution in [0.15, 0.2) is 42.5 Å². The summed E-state index contributed by atoms with van der Waals surface area (Å²) < 4.78 is 14.4. The van der Waals surface area contributed by atoms with Crippen molar-refractivity contribution in [2.24, 2.45) is 5.73 Å². The van der Waals surface area contributed by atoms with Crippen LogP contribution < -0.4 is 10.6 Å². The molecule has 2 aromatic carbocycles. The highest BCUT2D eigenvalue weighted by molar-refractivity contribution is 5.69. The van der Waals surface area contributed by atoms with Crippen molar-refractivity contribution in [1.82, 2.24) is 0 Å². The molecule has 2 aromatic rings. The monoisotopic (exact) mass is 272 g/mol. The predicted molar refractivity (Wildman–Crippen MR) is 82.9 cm³/mol. The van der Waals surface area contributed by atoms with Gasteiger partial charge in [0.2, 0.25) is 0 Å². The van der Waals surface area contributed by atoms with Gasteiger partial charge in [-0.25, -0.2) is 4.39 Å². The molecule has 0 bridgehead atoms. The average molecular weight is 272 g/mol. The van der Waals surface area contributed by atoms with E-state index in [-0.39, 0.29) is 11.9 Å². The third-order valence-corrected chi connectivity index (χ3v) is 3.50. The largest absolute Gasteiger partial charge is 0.339 e. The Morgan fingerprint density at radius 3 is 2.45 bits per heavy atom. The fraction of sp³-hybridized carbons (Fsp3) is 0.294. The van der Waals surface area contributed by atoms with Crippen LogP contribution in [0.1, 0.15) is 31.0 Å². The van der Waals surface area contributed by atoms with Crippen LogP contribution in [0.2, 0.25) is 0 Å². The lowest BCUT2D eigenvalue weighted by atomic mass is 10.0. The Labute approximate surface area is 120 Å². The standard InChI is InChI=1S/C17H21FN2/c1-4-20(16-11-6-5-8-12(16)2)17-14(13(3)19)9-7-10-15(17)18/h5-11,13H,4,19H2,1-3H3/t13-/m0/s1. The molecule has 0 heterocycles. The number of rotatable bonds is 4. The van der Waals surface area contributed by atoms with E-state index in [1.807, 2.05) is 56.0 Å². The highest BCUT2D eigenvalue weighted by Crippen LogP contribution is 2.35. The second kappa shape index (κ2) is 6.06. The molecular formula is C17H21FN2. The normalized spacial score (nSPS) is 12.2. The highest BCUT2D eigenvalue weighted by atomic mass is 19.1. The van der Waals surface area contributed by atoms with Crippen LogP contribution in [-0.2, 0) is 0 Å². The van der Waals surface area contributed by atoms with Gasteiger partial charge in [0.1, 0.15) is 5.82 Å². The minimum Gasteiger partial charge on any atom is -0.339 e. The van der Waals surface area contributed by atoms with Gasteiger partial charge in [0, 0.05) is 18.3 Å². The molecule has 0 aliphatic carbocycles. The third kappa shape index (κ3) is 2.68. The molecule has 2 N–H and O–H groups in total. The van der Waals surface area contributed by atoms with Crippen molar-refractivity contribution in [3.63, 3.8) is 0 Å². The van der Waals surface area contributed by atoms with Gasteiger partial charge in [0.05, 0.1) is 5.69 Å². The number of halogens is 1. The van der Waals surface area contributed by atoms with Gasteiger partial charge in [-0.3, -0.25) is 0 Å². The smallest absolute Gasteiger partial charge is 0.147 e. The van der Waals surface area contributed by atoms with Gasteiger partial charge in [0.15, 0.2) is 0 Å². The minimum atomic E-state index is -0.232. The SMILES string of the molecule is CCN(c1ccccc1C)c1c(F)cccc1[C@H](C)N. The van der Waals surface area contributed by atoms with Gasteiger partial charge in [0.25, 0.3) is 0 Å². The maximum Gasteiger partial charge on any atom is 0.147 e. The summed E-state index contributed by atoms with van der Waals surface area (Å²) >= 11 is 0. The molecule has 20 heavy (non-hydrogen) atoms. The van der Waals surface area contributed by atoms with Crippen LogP contribution in [0, 0.1) is 12.7 Å². The molecule has 0 aromatic heterocycles. The molecule has 1 atom stereocenters. The molecule has 0 radical (unpaired) electrons. The van der Waals surface area contributed by atoms with E-state index < -0.39 is 0 Å². The summed E-state index contributed by atoms with van der Waals surface area (Å²) in [4.78, 5) is 1.99. The summed E-state index contributed by atoms with van der Waals surface area (Å²) in [5.74, 6) is -0.232. The summed E-state index contributed by atoms with van der Waals surface area (Å²) in [6.07, 6.45) is 0. The van der Waals surface area contributed by atoms with E-state index in [2.05, 4.69) is 0 Å². The lowest BCUT2D eigenvalue weighted by Gasteiger charge is -2.28. The van der Waals surface area contributed by atoms with Crippen LogP contribution in [0.25, 0.3) is 0 Å². The zero-order valence-electron chi connectivity index (χ0n) is 12.2. The fourth-order valence-corrected chi connectivity index (χ4v) is 2.50. The lowest BCUT2D eigenvalue weighted by molar-refractivity contribution is 0.620. The molecule has 3 heteroatoms. The molecule has 0 unspecified atom stereocenters. The zero-order valence-corrected chi connectivity index (χ0v) is 12.2. The Morgan fingerprint density at radius 2 is 1.85 bits per heavy atom. The van der Waals surface area contributed by atoms with Crippen molar-refractivity contribution in [1.29, 1.82) is 0 Å². The van der Waals surface area contributed by atoms with E-state index in [4.69, 9.17) is 5.73 Å². The summed E-state index contributed by atoms with van der Waals surface area (Å²) in [5.41, 5.74) is 9.54. The highest BCUT2D eigenvalue weighted by Gasteiger charge is 2.19. The van der Waals surface area contributed by atoms with E-state index in [1.54, 1.807) is 6.07 Å². The predicted octanol–water partition coefficient (Wildman–Crippen LogP) is 4.31. The van der Waals surface area contributed by atoms with Crippen molar-refractivity contribution >= 4 is 11.4 Å². The van der Waals surface area contributed by atoms with Gasteiger partial charge >= 0.3 is 0 Å². The number of hydrogen-bond acceptors (Lipinski definition) is 2. The third-order valence-electron chi connectivity index (χ3n) is 3.50. The Kier molecular flexibility index (Phi) is 4.40. The number of para-hydroxylation sites is 2. The summed E-state index contributed by atoms with van der Waals surface area (Å²) in [5, 5.41) is 0. The topological polar surface area (TPSA) is 29.3 Å². The van der Waals surface area contributed by atoms with Crippen LogP contribution >= 0.6 is 0 Å². The molecule has 106 valence electrons. The Morgan fingerprint density at radius 1 is 1.15 bits per heavy atom. The van der Waals surface area contributed by atoms with Crippen molar-refractivity contribution < 1.29 is 4.39 Å². The number of anilines is 2. The summed E-state index contributed by atoms with van der Waals surface area (Å²) in [6.45, 7) is 6.61. The number of nitrogens with zero attached hydrogens (tertiary/aromatic N) is 1. The van der Waals surface area contributed by atoms with Gasteiger partial charge in [-0.2, -0.15) is 0 Å². The average Bonchev–Trinajstić information content (AvgIpc) is 2.43. The minimum absolute atomic E-state index is 0.209. The van der Waals surface area contributed by atoms with Crippen LogP contribution in [0.3, 0.4) is 0 Å². The molecule has 0 fully saturated rings. The van der Waals surface area contributed by atoms with Crippen LogP contribution in [0.4, 0.5) is 15.8 Å². The fourth-order valence-electron chi connectivity index (χ4n) is 2.50. The molecule has 2 nitrogen and oxygen atoms in total. The van der Waals surface area contributed by atoms with Crippen molar-refractivity contribution in [3.8, 4) is 0 Å². The molecule has 0 aliphatic heterocycles. The van der Waals surface area contributed by atoms with Gasteiger partial charge in [-0.1, -0.05) is 30.3 Å². The number of nitrogens with two attached hydrogens (primary N) is 1. The van der Waals surface area contributed by atoms with E-state index in [0.717, 1.165) is 16.8 Å². The zero-order chi connectivity index (χ0) is 14.7. The number of hydrogen-bond donors (Lipinski definition) is 1. The van der Waals surface area contributed by atoms with Gasteiger partial charge < -0.3 is 10.6 Å². The maximum atomic E-state index is 14.4. The lowest BCUT2D eigenvalue weighted by Crippen LogP contribution is -2.22. The van der Waals surface area contributed by atoms with Crippen molar-refractivity contribution in [3.05, 3.63) is 59.4 Å². The first-order valence-corrected chi connectivity index (χ1v) is 6.93. The first kappa shape index (κ1) is 14.5. The van der Waals surface area contributed by atoms with E-state index in [9.17, 15) is 4.39 Å². The molecule has 0 aliphatic rings. The van der Waals surface area contributed by atoms with E-state index >= 15 is 0 Å². The summed E-state index contributed by atoms with van der Waals surface area (Å²) in [6, 6.07) is 12.9.